The van der Waals surface area contributed by atoms with Crippen LogP contribution in [-0.4, -0.2) is 23.6 Å². The van der Waals surface area contributed by atoms with Gasteiger partial charge in [-0.3, -0.25) is 14.5 Å². The molecular weight excluding hydrogens is 462 g/mol. The molecule has 3 heterocycles. The van der Waals surface area contributed by atoms with Crippen molar-refractivity contribution in [3.05, 3.63) is 108 Å². The molecule has 3 aromatic carbocycles. The number of benzene rings is 3. The topological polar surface area (TPSA) is 98.4 Å². The minimum Gasteiger partial charge on any atom is -0.507 e. The number of amides is 1. The Labute approximate surface area is 205 Å². The lowest BCUT2D eigenvalue weighted by atomic mass is 9.99. The van der Waals surface area contributed by atoms with E-state index in [-0.39, 0.29) is 18.1 Å². The molecule has 1 unspecified atom stereocenters. The highest BCUT2D eigenvalue weighted by atomic mass is 16.7. The molecule has 0 spiro atoms. The number of fused-ring (bicyclic) bond motifs is 1. The maximum atomic E-state index is 13.2. The number of furan rings is 1. The van der Waals surface area contributed by atoms with E-state index in [1.807, 2.05) is 30.3 Å². The van der Waals surface area contributed by atoms with Crippen LogP contribution in [0.3, 0.4) is 0 Å². The van der Waals surface area contributed by atoms with Gasteiger partial charge >= 0.3 is 0 Å². The van der Waals surface area contributed by atoms with Crippen LogP contribution in [0.1, 0.15) is 17.4 Å². The standard InChI is InChI=1S/C28H19NO7/c30-26(17-8-13-21-23(15-17)35-16-34-21)24-25(22-7-4-14-33-22)29(28(32)27(24)31)18-9-11-20(12-10-18)36-19-5-2-1-3-6-19/h1-15,25,30H,16H2/b26-24-. The number of hydrogen-bond donors (Lipinski definition) is 1. The van der Waals surface area contributed by atoms with Crippen molar-refractivity contribution in [2.24, 2.45) is 0 Å². The number of para-hydroxylation sites is 1. The molecule has 36 heavy (non-hydrogen) atoms. The van der Waals surface area contributed by atoms with Crippen LogP contribution in [-0.2, 0) is 9.59 Å². The second-order valence-corrected chi connectivity index (χ2v) is 8.16. The molecule has 1 fully saturated rings. The predicted molar refractivity (Wildman–Crippen MR) is 129 cm³/mol. The van der Waals surface area contributed by atoms with Crippen molar-refractivity contribution in [1.29, 1.82) is 0 Å². The van der Waals surface area contributed by atoms with E-state index in [9.17, 15) is 14.7 Å². The maximum absolute atomic E-state index is 13.2. The average Bonchev–Trinajstić information content (AvgIpc) is 3.65. The van der Waals surface area contributed by atoms with Gasteiger partial charge in [-0.05, 0) is 66.7 Å². The van der Waals surface area contributed by atoms with Crippen LogP contribution in [0.4, 0.5) is 5.69 Å². The van der Waals surface area contributed by atoms with Crippen molar-refractivity contribution < 1.29 is 33.3 Å². The summed E-state index contributed by atoms with van der Waals surface area (Å²) in [5.41, 5.74) is 0.683. The van der Waals surface area contributed by atoms with Crippen LogP contribution in [0, 0.1) is 0 Å². The largest absolute Gasteiger partial charge is 0.507 e. The van der Waals surface area contributed by atoms with Crippen molar-refractivity contribution in [1.82, 2.24) is 0 Å². The van der Waals surface area contributed by atoms with E-state index in [2.05, 4.69) is 0 Å². The number of carbonyl (C=O) groups excluding carboxylic acids is 2. The summed E-state index contributed by atoms with van der Waals surface area (Å²) in [5.74, 6) is 0.609. The van der Waals surface area contributed by atoms with E-state index < -0.39 is 17.7 Å². The zero-order valence-corrected chi connectivity index (χ0v) is 18.8. The predicted octanol–water partition coefficient (Wildman–Crippen LogP) is 5.43. The van der Waals surface area contributed by atoms with Gasteiger partial charge in [-0.25, -0.2) is 0 Å². The van der Waals surface area contributed by atoms with Crippen LogP contribution in [0.15, 0.2) is 101 Å². The molecule has 6 rings (SSSR count). The van der Waals surface area contributed by atoms with E-state index in [0.717, 1.165) is 0 Å². The number of carbonyl (C=O) groups is 2. The molecule has 0 radical (unpaired) electrons. The third-order valence-corrected chi connectivity index (χ3v) is 6.00. The number of rotatable bonds is 5. The lowest BCUT2D eigenvalue weighted by Crippen LogP contribution is -2.29. The van der Waals surface area contributed by atoms with Gasteiger partial charge in [0.1, 0.15) is 29.1 Å². The number of anilines is 1. The van der Waals surface area contributed by atoms with Crippen LogP contribution >= 0.6 is 0 Å². The number of Topliss-reactive ketones (excluding diaryl/α,β-unsaturated/α-hetero) is 1. The second-order valence-electron chi connectivity index (χ2n) is 8.16. The highest BCUT2D eigenvalue weighted by molar-refractivity contribution is 6.51. The molecule has 0 aliphatic carbocycles. The van der Waals surface area contributed by atoms with Gasteiger partial charge in [-0.1, -0.05) is 18.2 Å². The smallest absolute Gasteiger partial charge is 0.300 e. The zero-order chi connectivity index (χ0) is 24.6. The fourth-order valence-electron chi connectivity index (χ4n) is 4.31. The van der Waals surface area contributed by atoms with Crippen molar-refractivity contribution in [3.63, 3.8) is 0 Å². The summed E-state index contributed by atoms with van der Waals surface area (Å²) >= 11 is 0. The summed E-state index contributed by atoms with van der Waals surface area (Å²) in [4.78, 5) is 27.8. The normalized spacial score (nSPS) is 18.0. The first kappa shape index (κ1) is 21.5. The van der Waals surface area contributed by atoms with E-state index in [0.29, 0.717) is 40.0 Å². The molecule has 2 aliphatic heterocycles. The first-order valence-corrected chi connectivity index (χ1v) is 11.2. The molecular formula is C28H19NO7. The average molecular weight is 481 g/mol. The Morgan fingerprint density at radius 2 is 1.61 bits per heavy atom. The molecule has 2 aliphatic rings. The van der Waals surface area contributed by atoms with Crippen molar-refractivity contribution in [2.45, 2.75) is 6.04 Å². The summed E-state index contributed by atoms with van der Waals surface area (Å²) in [6, 6.07) is 23.2. The zero-order valence-electron chi connectivity index (χ0n) is 18.8. The Balaban J connectivity index is 1.40. The summed E-state index contributed by atoms with van der Waals surface area (Å²) in [7, 11) is 0. The molecule has 1 atom stereocenters. The van der Waals surface area contributed by atoms with Gasteiger partial charge in [0.25, 0.3) is 11.7 Å². The van der Waals surface area contributed by atoms with Crippen LogP contribution in [0.25, 0.3) is 5.76 Å². The second kappa shape index (κ2) is 8.66. The van der Waals surface area contributed by atoms with E-state index in [4.69, 9.17) is 18.6 Å². The van der Waals surface area contributed by atoms with Gasteiger partial charge in [0, 0.05) is 11.3 Å². The number of nitrogens with zero attached hydrogens (tertiary/aromatic N) is 1. The fraction of sp³-hybridized carbons (Fsp3) is 0.0714. The van der Waals surface area contributed by atoms with Crippen molar-refractivity contribution in [2.75, 3.05) is 11.7 Å². The molecule has 1 saturated heterocycles. The third-order valence-electron chi connectivity index (χ3n) is 6.00. The maximum Gasteiger partial charge on any atom is 0.300 e. The Kier molecular flexibility index (Phi) is 5.19. The molecule has 8 heteroatoms. The Morgan fingerprint density at radius 3 is 2.36 bits per heavy atom. The van der Waals surface area contributed by atoms with Crippen molar-refractivity contribution in [3.8, 4) is 23.0 Å². The molecule has 8 nitrogen and oxygen atoms in total. The fourth-order valence-corrected chi connectivity index (χ4v) is 4.31. The first-order chi connectivity index (χ1) is 17.6. The van der Waals surface area contributed by atoms with Crippen LogP contribution in [0.5, 0.6) is 23.0 Å². The van der Waals surface area contributed by atoms with E-state index in [1.165, 1.54) is 11.2 Å². The number of aliphatic hydroxyl groups excluding tert-OH is 1. The van der Waals surface area contributed by atoms with E-state index >= 15 is 0 Å². The molecule has 1 aromatic heterocycles. The number of ether oxygens (including phenoxy) is 3. The summed E-state index contributed by atoms with van der Waals surface area (Å²) in [6.07, 6.45) is 1.45. The van der Waals surface area contributed by atoms with Gasteiger partial charge in [-0.15, -0.1) is 0 Å². The molecule has 1 N–H and O–H groups in total. The summed E-state index contributed by atoms with van der Waals surface area (Å²) in [5, 5.41) is 11.2. The van der Waals surface area contributed by atoms with Gasteiger partial charge < -0.3 is 23.7 Å². The van der Waals surface area contributed by atoms with Gasteiger partial charge in [0.2, 0.25) is 6.79 Å². The Bertz CT molecular complexity index is 1470. The quantitative estimate of drug-likeness (QED) is 0.231. The Morgan fingerprint density at radius 1 is 0.861 bits per heavy atom. The minimum absolute atomic E-state index is 0.0698. The minimum atomic E-state index is -0.966. The molecule has 178 valence electrons. The first-order valence-electron chi connectivity index (χ1n) is 11.2. The Hall–Kier alpha value is -4.98. The van der Waals surface area contributed by atoms with Crippen LogP contribution < -0.4 is 19.1 Å². The lowest BCUT2D eigenvalue weighted by molar-refractivity contribution is -0.132. The summed E-state index contributed by atoms with van der Waals surface area (Å²) < 4.78 is 22.2. The number of ketones is 1. The van der Waals surface area contributed by atoms with Gasteiger partial charge in [0.05, 0.1) is 11.8 Å². The SMILES string of the molecule is O=C1C(=O)N(c2ccc(Oc3ccccc3)cc2)C(c2ccco2)/C1=C(/O)c1ccc2c(c1)OCO2. The van der Waals surface area contributed by atoms with Gasteiger partial charge in [-0.2, -0.15) is 0 Å². The number of aliphatic hydroxyl groups is 1. The lowest BCUT2D eigenvalue weighted by Gasteiger charge is -2.23. The number of hydrogen-bond acceptors (Lipinski definition) is 7. The highest BCUT2D eigenvalue weighted by Crippen LogP contribution is 2.44. The molecule has 4 aromatic rings. The van der Waals surface area contributed by atoms with Crippen LogP contribution in [0.2, 0.25) is 0 Å². The van der Waals surface area contributed by atoms with Gasteiger partial charge in [0.15, 0.2) is 11.5 Å². The monoisotopic (exact) mass is 481 g/mol. The van der Waals surface area contributed by atoms with E-state index in [1.54, 1.807) is 54.6 Å². The highest BCUT2D eigenvalue weighted by Gasteiger charge is 2.48. The van der Waals surface area contributed by atoms with Crippen molar-refractivity contribution >= 4 is 23.1 Å². The molecule has 1 amide bonds. The summed E-state index contributed by atoms with van der Waals surface area (Å²) in [6.45, 7) is 0.0698. The molecule has 0 bridgehead atoms. The third kappa shape index (κ3) is 3.65. The molecule has 0 saturated carbocycles.